The predicted octanol–water partition coefficient (Wildman–Crippen LogP) is 6.05. The maximum atomic E-state index is 7.58. The van der Waals surface area contributed by atoms with Gasteiger partial charge in [0.2, 0.25) is 5.69 Å². The van der Waals surface area contributed by atoms with E-state index in [4.69, 9.17) is 11.3 Å². The second-order valence-corrected chi connectivity index (χ2v) is 9.36. The van der Waals surface area contributed by atoms with Gasteiger partial charge in [-0.3, -0.25) is 4.74 Å². The van der Waals surface area contributed by atoms with Crippen molar-refractivity contribution in [2.75, 3.05) is 0 Å². The zero-order chi connectivity index (χ0) is 19.2. The molecule has 28 heavy (non-hydrogen) atoms. The molecule has 4 aromatic rings. The lowest BCUT2D eigenvalue weighted by Gasteiger charge is -2.27. The van der Waals surface area contributed by atoms with Crippen LogP contribution in [0.15, 0.2) is 120 Å². The molecule has 0 heterocycles. The van der Waals surface area contributed by atoms with Crippen LogP contribution in [0.3, 0.4) is 0 Å². The monoisotopic (exact) mass is 378 g/mol. The van der Waals surface area contributed by atoms with Crippen LogP contribution in [0.5, 0.6) is 0 Å². The third-order valence-electron chi connectivity index (χ3n) is 4.65. The quantitative estimate of drug-likeness (QED) is 0.304. The van der Waals surface area contributed by atoms with Gasteiger partial charge >= 0.3 is 0 Å². The largest absolute Gasteiger partial charge is 0.265 e. The molecule has 2 nitrogen and oxygen atoms in total. The molecular weight excluding hydrogens is 359 g/mol. The van der Waals surface area contributed by atoms with Crippen LogP contribution in [0, 0.1) is 6.57 Å². The molecule has 0 saturated heterocycles. The van der Waals surface area contributed by atoms with E-state index in [1.54, 1.807) is 0 Å². The lowest BCUT2D eigenvalue weighted by atomic mass is 10.3. The fraction of sp³-hybridized carbons (Fsp3) is 0. The van der Waals surface area contributed by atoms with Crippen LogP contribution in [0.25, 0.3) is 4.85 Å². The summed E-state index contributed by atoms with van der Waals surface area (Å²) in [4.78, 5) is 3.71. The second-order valence-electron chi connectivity index (χ2n) is 6.34. The van der Waals surface area contributed by atoms with E-state index in [9.17, 15) is 0 Å². The van der Waals surface area contributed by atoms with E-state index < -0.39 is 7.05 Å². The van der Waals surface area contributed by atoms with Crippen LogP contribution in [-0.4, -0.2) is 0 Å². The Morgan fingerprint density at radius 2 is 0.929 bits per heavy atom. The van der Waals surface area contributed by atoms with E-state index >= 15 is 0 Å². The summed E-state index contributed by atoms with van der Waals surface area (Å²) in [6.45, 7) is 7.58. The molecule has 0 aliphatic heterocycles. The molecule has 0 saturated carbocycles. The summed E-state index contributed by atoms with van der Waals surface area (Å²) in [7, 11) is -2.33. The van der Waals surface area contributed by atoms with Gasteiger partial charge in [-0.1, -0.05) is 109 Å². The molecule has 0 bridgehead atoms. The highest BCUT2D eigenvalue weighted by Crippen LogP contribution is 2.50. The first-order valence-corrected chi connectivity index (χ1v) is 10.8. The van der Waals surface area contributed by atoms with Crippen molar-refractivity contribution in [3.63, 3.8) is 0 Å². The van der Waals surface area contributed by atoms with E-state index in [1.807, 2.05) is 42.5 Å². The number of rotatable bonds is 4. The number of hydrogen-bond acceptors (Lipinski definition) is 1. The van der Waals surface area contributed by atoms with Crippen molar-refractivity contribution in [1.29, 1.82) is 0 Å². The highest BCUT2D eigenvalue weighted by Gasteiger charge is 2.27. The molecular formula is C25H19N2P. The van der Waals surface area contributed by atoms with Gasteiger partial charge in [-0.25, -0.2) is 4.85 Å². The third-order valence-corrected chi connectivity index (χ3v) is 8.30. The van der Waals surface area contributed by atoms with E-state index in [1.165, 1.54) is 15.9 Å². The normalized spacial score (nSPS) is 10.8. The molecule has 134 valence electrons. The number of para-hydroxylation sites is 1. The lowest BCUT2D eigenvalue weighted by Crippen LogP contribution is -2.25. The van der Waals surface area contributed by atoms with Crippen molar-refractivity contribution >= 4 is 34.3 Å². The van der Waals surface area contributed by atoms with Gasteiger partial charge in [-0.15, -0.1) is 0 Å². The minimum Gasteiger partial charge on any atom is -0.265 e. The van der Waals surface area contributed by atoms with Crippen molar-refractivity contribution in [2.24, 2.45) is 4.74 Å². The maximum absolute atomic E-state index is 7.58. The molecule has 0 aromatic heterocycles. The van der Waals surface area contributed by atoms with Crippen molar-refractivity contribution in [1.82, 2.24) is 0 Å². The van der Waals surface area contributed by atoms with Crippen LogP contribution in [0.1, 0.15) is 0 Å². The average Bonchev–Trinajstić information content (AvgIpc) is 2.79. The Morgan fingerprint density at radius 1 is 0.536 bits per heavy atom. The molecule has 0 unspecified atom stereocenters. The van der Waals surface area contributed by atoms with E-state index in [-0.39, 0.29) is 0 Å². The zero-order valence-corrected chi connectivity index (χ0v) is 16.2. The molecule has 0 aliphatic carbocycles. The topological polar surface area (TPSA) is 16.7 Å². The molecule has 0 aliphatic rings. The summed E-state index contributed by atoms with van der Waals surface area (Å²) >= 11 is 0. The van der Waals surface area contributed by atoms with E-state index in [0.717, 1.165) is 5.69 Å². The molecule has 0 amide bonds. The van der Waals surface area contributed by atoms with Gasteiger partial charge in [-0.2, -0.15) is 0 Å². The SMILES string of the molecule is [C-]#[N+]c1ccccc1N=P(c1ccccc1)(c1ccccc1)c1ccccc1. The van der Waals surface area contributed by atoms with Gasteiger partial charge in [0.05, 0.1) is 19.3 Å². The average molecular weight is 378 g/mol. The first kappa shape index (κ1) is 18.0. The van der Waals surface area contributed by atoms with Gasteiger partial charge < -0.3 is 0 Å². The van der Waals surface area contributed by atoms with Gasteiger partial charge in [0.15, 0.2) is 0 Å². The molecule has 0 fully saturated rings. The number of nitrogens with zero attached hydrogens (tertiary/aromatic N) is 2. The van der Waals surface area contributed by atoms with Crippen molar-refractivity contribution in [2.45, 2.75) is 0 Å². The first-order chi connectivity index (χ1) is 13.8. The van der Waals surface area contributed by atoms with Gasteiger partial charge in [0.25, 0.3) is 0 Å². The smallest absolute Gasteiger partial charge is 0.212 e. The van der Waals surface area contributed by atoms with Crippen LogP contribution in [0.2, 0.25) is 0 Å². The highest BCUT2D eigenvalue weighted by molar-refractivity contribution is 7.87. The summed E-state index contributed by atoms with van der Waals surface area (Å²) in [5.74, 6) is 0. The Hall–Kier alpha value is -3.40. The maximum Gasteiger partial charge on any atom is 0.212 e. The third kappa shape index (κ3) is 3.29. The summed E-state index contributed by atoms with van der Waals surface area (Å²) in [5, 5.41) is 3.52. The van der Waals surface area contributed by atoms with Crippen molar-refractivity contribution in [3.05, 3.63) is 127 Å². The summed E-state index contributed by atoms with van der Waals surface area (Å²) < 4.78 is 5.37. The predicted molar refractivity (Wildman–Crippen MR) is 120 cm³/mol. The molecule has 3 heteroatoms. The fourth-order valence-corrected chi connectivity index (χ4v) is 6.90. The Labute approximate surface area is 166 Å². The highest BCUT2D eigenvalue weighted by atomic mass is 31.2. The minimum atomic E-state index is -2.33. The Balaban J connectivity index is 2.17. The molecule has 0 atom stereocenters. The molecule has 0 N–H and O–H groups in total. The van der Waals surface area contributed by atoms with Crippen molar-refractivity contribution in [3.8, 4) is 0 Å². The Bertz CT molecular complexity index is 1060. The van der Waals surface area contributed by atoms with Gasteiger partial charge in [-0.05, 0) is 6.07 Å². The molecule has 4 aromatic carbocycles. The molecule has 0 radical (unpaired) electrons. The summed E-state index contributed by atoms with van der Waals surface area (Å²) in [6.07, 6.45) is 0. The van der Waals surface area contributed by atoms with Gasteiger partial charge in [0, 0.05) is 15.9 Å². The summed E-state index contributed by atoms with van der Waals surface area (Å²) in [5.41, 5.74) is 1.32. The zero-order valence-electron chi connectivity index (χ0n) is 15.3. The van der Waals surface area contributed by atoms with Crippen LogP contribution in [0.4, 0.5) is 11.4 Å². The first-order valence-electron chi connectivity index (χ1n) is 9.10. The van der Waals surface area contributed by atoms with Gasteiger partial charge in [0.1, 0.15) is 0 Å². The van der Waals surface area contributed by atoms with Crippen LogP contribution < -0.4 is 15.9 Å². The van der Waals surface area contributed by atoms with Crippen molar-refractivity contribution < 1.29 is 0 Å². The number of benzene rings is 4. The second kappa shape index (κ2) is 8.09. The van der Waals surface area contributed by atoms with Crippen LogP contribution >= 0.6 is 7.05 Å². The lowest BCUT2D eigenvalue weighted by molar-refractivity contribution is 1.56. The fourth-order valence-electron chi connectivity index (χ4n) is 3.36. The summed E-state index contributed by atoms with van der Waals surface area (Å²) in [6, 6.07) is 39.0. The minimum absolute atomic E-state index is 0.578. The van der Waals surface area contributed by atoms with E-state index in [2.05, 4.69) is 77.6 Å². The molecule has 4 rings (SSSR count). The van der Waals surface area contributed by atoms with Crippen LogP contribution in [-0.2, 0) is 0 Å². The number of hydrogen-bond donors (Lipinski definition) is 0. The standard InChI is InChI=1S/C25H19N2P/c1-26-24-19-11-12-20-25(24)27-28(21-13-5-2-6-14-21,22-15-7-3-8-16-22)23-17-9-4-10-18-23/h2-20H. The Kier molecular flexibility index (Phi) is 5.20. The molecule has 0 spiro atoms. The van der Waals surface area contributed by atoms with E-state index in [0.29, 0.717) is 5.69 Å². The Morgan fingerprint density at radius 3 is 1.36 bits per heavy atom.